The van der Waals surface area contributed by atoms with Crippen molar-refractivity contribution in [3.63, 3.8) is 0 Å². The summed E-state index contributed by atoms with van der Waals surface area (Å²) in [6.45, 7) is 3.27. The lowest BCUT2D eigenvalue weighted by atomic mass is 10.1. The molecule has 2 rings (SSSR count). The number of fused-ring (bicyclic) bond motifs is 1. The molecule has 1 aromatic heterocycles. The molecule has 1 aliphatic carbocycles. The second kappa shape index (κ2) is 4.60. The average molecular weight is 194 g/mol. The van der Waals surface area contributed by atoms with Crippen molar-refractivity contribution in [3.05, 3.63) is 17.5 Å². The first-order valence-corrected chi connectivity index (χ1v) is 5.58. The van der Waals surface area contributed by atoms with Crippen molar-refractivity contribution in [1.29, 1.82) is 0 Å². The van der Waals surface area contributed by atoms with Gasteiger partial charge in [-0.2, -0.15) is 0 Å². The lowest BCUT2D eigenvalue weighted by Crippen LogP contribution is -2.21. The molecule has 0 fully saturated rings. The summed E-state index contributed by atoms with van der Waals surface area (Å²) in [6.07, 6.45) is 7.84. The number of hydrogen-bond donors (Lipinski definition) is 1. The minimum Gasteiger partial charge on any atom is -0.361 e. The zero-order valence-corrected chi connectivity index (χ0v) is 8.75. The Morgan fingerprint density at radius 3 is 3.36 bits per heavy atom. The summed E-state index contributed by atoms with van der Waals surface area (Å²) in [4.78, 5) is 0. The first-order valence-electron chi connectivity index (χ1n) is 5.58. The van der Waals surface area contributed by atoms with E-state index in [0.29, 0.717) is 6.04 Å². The van der Waals surface area contributed by atoms with Gasteiger partial charge in [-0.3, -0.25) is 0 Å². The van der Waals surface area contributed by atoms with Gasteiger partial charge in [0.15, 0.2) is 0 Å². The van der Waals surface area contributed by atoms with Crippen LogP contribution in [0.15, 0.2) is 10.7 Å². The van der Waals surface area contributed by atoms with Crippen molar-refractivity contribution in [2.75, 3.05) is 6.54 Å². The smallest absolute Gasteiger partial charge is 0.141 e. The maximum Gasteiger partial charge on any atom is 0.141 e. The molecule has 0 saturated heterocycles. The van der Waals surface area contributed by atoms with Gasteiger partial charge in [-0.15, -0.1) is 0 Å². The molecule has 0 radical (unpaired) electrons. The van der Waals surface area contributed by atoms with Crippen LogP contribution in [-0.4, -0.2) is 11.7 Å². The van der Waals surface area contributed by atoms with Gasteiger partial charge in [0.05, 0.1) is 6.20 Å². The predicted molar refractivity (Wildman–Crippen MR) is 55.1 cm³/mol. The summed E-state index contributed by atoms with van der Waals surface area (Å²) in [5, 5.41) is 7.44. The van der Waals surface area contributed by atoms with E-state index in [1.807, 2.05) is 6.20 Å². The van der Waals surface area contributed by atoms with Crippen molar-refractivity contribution in [3.8, 4) is 0 Å². The fraction of sp³-hybridized carbons (Fsp3) is 0.727. The topological polar surface area (TPSA) is 38.1 Å². The van der Waals surface area contributed by atoms with Crippen molar-refractivity contribution in [2.45, 2.75) is 45.1 Å². The molecule has 78 valence electrons. The standard InChI is InChI=1S/C11H18N2O/c1-2-7-12-10-5-3-4-6-11-9(10)8-13-14-11/h8,10,12H,2-7H2,1H3. The third kappa shape index (κ3) is 1.98. The molecule has 0 aromatic carbocycles. The second-order valence-corrected chi connectivity index (χ2v) is 3.96. The Kier molecular flexibility index (Phi) is 3.19. The predicted octanol–water partition coefficient (Wildman–Crippen LogP) is 2.44. The van der Waals surface area contributed by atoms with E-state index in [9.17, 15) is 0 Å². The van der Waals surface area contributed by atoms with Crippen molar-refractivity contribution >= 4 is 0 Å². The van der Waals surface area contributed by atoms with Gasteiger partial charge in [0.2, 0.25) is 0 Å². The van der Waals surface area contributed by atoms with E-state index in [2.05, 4.69) is 17.4 Å². The van der Waals surface area contributed by atoms with Crippen LogP contribution in [0.1, 0.15) is 50.0 Å². The molecule has 14 heavy (non-hydrogen) atoms. The number of hydrogen-bond acceptors (Lipinski definition) is 3. The first-order chi connectivity index (χ1) is 6.92. The highest BCUT2D eigenvalue weighted by Gasteiger charge is 2.20. The van der Waals surface area contributed by atoms with Gasteiger partial charge >= 0.3 is 0 Å². The van der Waals surface area contributed by atoms with Crippen molar-refractivity contribution in [2.24, 2.45) is 0 Å². The van der Waals surface area contributed by atoms with Gasteiger partial charge in [-0.05, 0) is 25.8 Å². The summed E-state index contributed by atoms with van der Waals surface area (Å²) in [6, 6.07) is 0.471. The fourth-order valence-electron chi connectivity index (χ4n) is 2.07. The van der Waals surface area contributed by atoms with Crippen LogP contribution in [0.3, 0.4) is 0 Å². The summed E-state index contributed by atoms with van der Waals surface area (Å²) < 4.78 is 5.26. The lowest BCUT2D eigenvalue weighted by Gasteiger charge is -2.14. The Hall–Kier alpha value is -0.830. The molecule has 0 amide bonds. The van der Waals surface area contributed by atoms with Gasteiger partial charge in [0, 0.05) is 18.0 Å². The quantitative estimate of drug-likeness (QED) is 0.751. The molecule has 1 heterocycles. The largest absolute Gasteiger partial charge is 0.361 e. The number of nitrogens with zero attached hydrogens (tertiary/aromatic N) is 1. The van der Waals surface area contributed by atoms with Crippen LogP contribution in [0.25, 0.3) is 0 Å². The van der Waals surface area contributed by atoms with Gasteiger partial charge in [0.1, 0.15) is 5.76 Å². The molecule has 0 saturated carbocycles. The van der Waals surface area contributed by atoms with Crippen molar-refractivity contribution < 1.29 is 4.52 Å². The Labute approximate surface area is 84.9 Å². The van der Waals surface area contributed by atoms with E-state index in [1.54, 1.807) is 0 Å². The van der Waals surface area contributed by atoms with E-state index in [4.69, 9.17) is 4.52 Å². The highest BCUT2D eigenvalue weighted by atomic mass is 16.5. The summed E-state index contributed by atoms with van der Waals surface area (Å²) in [7, 11) is 0. The van der Waals surface area contributed by atoms with E-state index >= 15 is 0 Å². The third-order valence-corrected chi connectivity index (χ3v) is 2.84. The minimum absolute atomic E-state index is 0.471. The van der Waals surface area contributed by atoms with Gasteiger partial charge in [-0.1, -0.05) is 18.5 Å². The van der Waals surface area contributed by atoms with Crippen LogP contribution in [-0.2, 0) is 6.42 Å². The SMILES string of the molecule is CCCNC1CCCCc2oncc21. The van der Waals surface area contributed by atoms with Gasteiger partial charge in [0.25, 0.3) is 0 Å². The summed E-state index contributed by atoms with van der Waals surface area (Å²) in [5.74, 6) is 1.09. The van der Waals surface area contributed by atoms with Crippen LogP contribution in [0.4, 0.5) is 0 Å². The van der Waals surface area contributed by atoms with Gasteiger partial charge in [-0.25, -0.2) is 0 Å². The highest BCUT2D eigenvalue weighted by molar-refractivity contribution is 5.19. The molecule has 0 bridgehead atoms. The molecule has 3 heteroatoms. The normalized spacial score (nSPS) is 21.6. The maximum absolute atomic E-state index is 5.26. The number of aryl methyl sites for hydroxylation is 1. The molecule has 0 spiro atoms. The van der Waals surface area contributed by atoms with E-state index in [0.717, 1.165) is 18.7 Å². The lowest BCUT2D eigenvalue weighted by molar-refractivity contribution is 0.380. The molecule has 1 atom stereocenters. The van der Waals surface area contributed by atoms with Crippen molar-refractivity contribution in [1.82, 2.24) is 10.5 Å². The number of aromatic nitrogens is 1. The summed E-state index contributed by atoms with van der Waals surface area (Å²) in [5.41, 5.74) is 1.29. The molecular weight excluding hydrogens is 176 g/mol. The van der Waals surface area contributed by atoms with Crippen LogP contribution in [0.2, 0.25) is 0 Å². The molecule has 1 aliphatic rings. The van der Waals surface area contributed by atoms with Crippen LogP contribution in [0.5, 0.6) is 0 Å². The molecule has 3 nitrogen and oxygen atoms in total. The molecule has 0 aliphatic heterocycles. The van der Waals surface area contributed by atoms with E-state index in [1.165, 1.54) is 31.2 Å². The molecule has 1 unspecified atom stereocenters. The fourth-order valence-corrected chi connectivity index (χ4v) is 2.07. The highest BCUT2D eigenvalue weighted by Crippen LogP contribution is 2.28. The summed E-state index contributed by atoms with van der Waals surface area (Å²) >= 11 is 0. The third-order valence-electron chi connectivity index (χ3n) is 2.84. The van der Waals surface area contributed by atoms with Crippen LogP contribution >= 0.6 is 0 Å². The first kappa shape index (κ1) is 9.71. The molecular formula is C11H18N2O. The number of nitrogens with one attached hydrogen (secondary N) is 1. The minimum atomic E-state index is 0.471. The van der Waals surface area contributed by atoms with E-state index < -0.39 is 0 Å². The number of rotatable bonds is 3. The molecule has 1 N–H and O–H groups in total. The van der Waals surface area contributed by atoms with Crippen LogP contribution in [0, 0.1) is 0 Å². The Bertz CT molecular complexity index is 283. The van der Waals surface area contributed by atoms with Gasteiger partial charge < -0.3 is 9.84 Å². The second-order valence-electron chi connectivity index (χ2n) is 3.96. The molecule has 1 aromatic rings. The maximum atomic E-state index is 5.26. The van der Waals surface area contributed by atoms with E-state index in [-0.39, 0.29) is 0 Å². The zero-order valence-electron chi connectivity index (χ0n) is 8.75. The zero-order chi connectivity index (χ0) is 9.80. The monoisotopic (exact) mass is 194 g/mol. The Morgan fingerprint density at radius 1 is 1.57 bits per heavy atom. The van der Waals surface area contributed by atoms with Crippen LogP contribution < -0.4 is 5.32 Å². The average Bonchev–Trinajstić information content (AvgIpc) is 2.58. The Morgan fingerprint density at radius 2 is 2.50 bits per heavy atom. The Balaban J connectivity index is 2.09.